The fourth-order valence-electron chi connectivity index (χ4n) is 3.18. The summed E-state index contributed by atoms with van der Waals surface area (Å²) in [5, 5.41) is 3.18. The lowest BCUT2D eigenvalue weighted by Gasteiger charge is -2.12. The highest BCUT2D eigenvalue weighted by Crippen LogP contribution is 2.14. The van der Waals surface area contributed by atoms with E-state index in [2.05, 4.69) is 20.3 Å². The summed E-state index contributed by atoms with van der Waals surface area (Å²) in [6, 6.07) is 7.00. The Hall–Kier alpha value is -3.81. The van der Waals surface area contributed by atoms with Crippen molar-refractivity contribution >= 4 is 22.6 Å². The summed E-state index contributed by atoms with van der Waals surface area (Å²) in [5.41, 5.74) is 1.63. The van der Waals surface area contributed by atoms with Crippen molar-refractivity contribution in [3.05, 3.63) is 76.4 Å². The highest BCUT2D eigenvalue weighted by atomic mass is 16.2. The third-order valence-electron chi connectivity index (χ3n) is 4.72. The molecule has 0 unspecified atom stereocenters. The Bertz CT molecular complexity index is 1270. The van der Waals surface area contributed by atoms with E-state index in [0.29, 0.717) is 29.1 Å². The van der Waals surface area contributed by atoms with Crippen molar-refractivity contribution in [3.63, 3.8) is 0 Å². The Balaban J connectivity index is 1.66. The first kappa shape index (κ1) is 18.5. The van der Waals surface area contributed by atoms with Crippen molar-refractivity contribution in [3.8, 4) is 5.82 Å². The Labute approximate surface area is 166 Å². The maximum absolute atomic E-state index is 12.8. The molecule has 4 rings (SSSR count). The van der Waals surface area contributed by atoms with Crippen LogP contribution in [-0.2, 0) is 6.54 Å². The van der Waals surface area contributed by atoms with Crippen LogP contribution in [0.2, 0.25) is 0 Å². The van der Waals surface area contributed by atoms with Gasteiger partial charge in [-0.1, -0.05) is 0 Å². The van der Waals surface area contributed by atoms with Crippen LogP contribution < -0.4 is 10.7 Å². The molecule has 1 amide bonds. The number of nitrogens with zero attached hydrogens (tertiary/aromatic N) is 5. The molecule has 0 bridgehead atoms. The second kappa shape index (κ2) is 7.31. The zero-order valence-electron chi connectivity index (χ0n) is 16.4. The Morgan fingerprint density at radius 3 is 2.62 bits per heavy atom. The number of hydrogen-bond donors (Lipinski definition) is 1. The number of carbonyl (C=O) groups excluding carboxylic acids is 1. The second-order valence-corrected chi connectivity index (χ2v) is 6.69. The Morgan fingerprint density at radius 1 is 1.14 bits per heavy atom. The second-order valence-electron chi connectivity index (χ2n) is 6.69. The number of aromatic nitrogens is 5. The largest absolute Gasteiger partial charge is 0.332 e. The van der Waals surface area contributed by atoms with E-state index in [9.17, 15) is 9.59 Å². The number of amides is 1. The highest BCUT2D eigenvalue weighted by molar-refractivity contribution is 6.05. The summed E-state index contributed by atoms with van der Waals surface area (Å²) in [4.78, 5) is 38.6. The number of nitrogens with one attached hydrogen (secondary N) is 1. The van der Waals surface area contributed by atoms with E-state index in [0.717, 1.165) is 11.5 Å². The lowest BCUT2D eigenvalue weighted by Crippen LogP contribution is -2.24. The van der Waals surface area contributed by atoms with Crippen LogP contribution in [-0.4, -0.2) is 30.0 Å². The molecule has 0 aliphatic carbocycles. The normalized spacial score (nSPS) is 11.0. The van der Waals surface area contributed by atoms with Crippen LogP contribution in [0.5, 0.6) is 0 Å². The van der Waals surface area contributed by atoms with Crippen molar-refractivity contribution in [1.29, 1.82) is 0 Å². The SMILES string of the molecule is CCn1cc(C(=O)Nc2ccc(-n3ccnc3C)nc2)c(=O)c2ccc(C)nc21. The summed E-state index contributed by atoms with van der Waals surface area (Å²) < 4.78 is 3.64. The lowest BCUT2D eigenvalue weighted by molar-refractivity contribution is 0.102. The van der Waals surface area contributed by atoms with Crippen LogP contribution in [0.4, 0.5) is 5.69 Å². The van der Waals surface area contributed by atoms with Crippen molar-refractivity contribution < 1.29 is 4.79 Å². The van der Waals surface area contributed by atoms with Gasteiger partial charge in [0.25, 0.3) is 5.91 Å². The zero-order chi connectivity index (χ0) is 20.5. The van der Waals surface area contributed by atoms with Crippen LogP contribution in [0.1, 0.15) is 28.8 Å². The third-order valence-corrected chi connectivity index (χ3v) is 4.72. The molecule has 0 saturated heterocycles. The maximum Gasteiger partial charge on any atom is 0.261 e. The molecule has 146 valence electrons. The molecule has 8 nitrogen and oxygen atoms in total. The molecular formula is C21H20N6O2. The van der Waals surface area contributed by atoms with Gasteiger partial charge < -0.3 is 9.88 Å². The van der Waals surface area contributed by atoms with E-state index in [1.165, 1.54) is 0 Å². The van der Waals surface area contributed by atoms with Crippen LogP contribution >= 0.6 is 0 Å². The lowest BCUT2D eigenvalue weighted by atomic mass is 10.1. The van der Waals surface area contributed by atoms with Gasteiger partial charge in [0.1, 0.15) is 22.9 Å². The molecule has 0 atom stereocenters. The number of carbonyl (C=O) groups is 1. The van der Waals surface area contributed by atoms with Gasteiger partial charge in [0, 0.05) is 30.8 Å². The molecule has 0 spiro atoms. The smallest absolute Gasteiger partial charge is 0.261 e. The van der Waals surface area contributed by atoms with Gasteiger partial charge in [0.05, 0.1) is 17.3 Å². The minimum atomic E-state index is -0.479. The summed E-state index contributed by atoms with van der Waals surface area (Å²) in [5.74, 6) is 1.03. The summed E-state index contributed by atoms with van der Waals surface area (Å²) in [7, 11) is 0. The van der Waals surface area contributed by atoms with Gasteiger partial charge in [-0.25, -0.2) is 15.0 Å². The quantitative estimate of drug-likeness (QED) is 0.580. The molecule has 0 radical (unpaired) electrons. The van der Waals surface area contributed by atoms with E-state index in [1.807, 2.05) is 36.1 Å². The predicted molar refractivity (Wildman–Crippen MR) is 110 cm³/mol. The standard InChI is InChI=1S/C21H20N6O2/c1-4-26-12-17(19(28)16-7-5-13(2)24-20(16)26)21(29)25-15-6-8-18(23-11-15)27-10-9-22-14(27)3/h5-12H,4H2,1-3H3,(H,25,29). The third kappa shape index (κ3) is 3.40. The van der Waals surface area contributed by atoms with E-state index in [1.54, 1.807) is 42.9 Å². The fourth-order valence-corrected chi connectivity index (χ4v) is 3.18. The van der Waals surface area contributed by atoms with E-state index >= 15 is 0 Å². The molecule has 4 aromatic rings. The van der Waals surface area contributed by atoms with Gasteiger partial charge in [-0.3, -0.25) is 14.2 Å². The topological polar surface area (TPSA) is 94.7 Å². The first-order valence-electron chi connectivity index (χ1n) is 9.26. The number of aryl methyl sites for hydroxylation is 3. The van der Waals surface area contributed by atoms with E-state index < -0.39 is 5.91 Å². The average molecular weight is 388 g/mol. The maximum atomic E-state index is 12.8. The fraction of sp³-hybridized carbons (Fsp3) is 0.190. The first-order chi connectivity index (χ1) is 14.0. The molecule has 0 fully saturated rings. The van der Waals surface area contributed by atoms with Gasteiger partial charge >= 0.3 is 0 Å². The molecule has 0 aromatic carbocycles. The molecule has 0 aliphatic heterocycles. The number of pyridine rings is 3. The van der Waals surface area contributed by atoms with Crippen molar-refractivity contribution in [2.45, 2.75) is 27.3 Å². The molecule has 8 heteroatoms. The van der Waals surface area contributed by atoms with Gasteiger partial charge in [-0.15, -0.1) is 0 Å². The molecule has 0 aliphatic rings. The Kier molecular flexibility index (Phi) is 4.67. The minimum Gasteiger partial charge on any atom is -0.332 e. The molecule has 4 heterocycles. The molecular weight excluding hydrogens is 368 g/mol. The van der Waals surface area contributed by atoms with Gasteiger partial charge in [0.15, 0.2) is 0 Å². The molecule has 1 N–H and O–H groups in total. The summed E-state index contributed by atoms with van der Waals surface area (Å²) in [6.45, 7) is 6.28. The van der Waals surface area contributed by atoms with Crippen molar-refractivity contribution in [2.24, 2.45) is 0 Å². The van der Waals surface area contributed by atoms with E-state index in [4.69, 9.17) is 0 Å². The summed E-state index contributed by atoms with van der Waals surface area (Å²) in [6.07, 6.45) is 6.62. The van der Waals surface area contributed by atoms with Crippen LogP contribution in [0.15, 0.2) is 53.8 Å². The molecule has 0 saturated carbocycles. The number of hydrogen-bond acceptors (Lipinski definition) is 5. The van der Waals surface area contributed by atoms with Crippen LogP contribution in [0.25, 0.3) is 16.9 Å². The number of rotatable bonds is 4. The average Bonchev–Trinajstić information content (AvgIpc) is 3.14. The highest BCUT2D eigenvalue weighted by Gasteiger charge is 2.16. The number of fused-ring (bicyclic) bond motifs is 1. The van der Waals surface area contributed by atoms with Gasteiger partial charge in [-0.2, -0.15) is 0 Å². The number of imidazole rings is 1. The van der Waals surface area contributed by atoms with Gasteiger partial charge in [0.2, 0.25) is 5.43 Å². The monoisotopic (exact) mass is 388 g/mol. The van der Waals surface area contributed by atoms with Gasteiger partial charge in [-0.05, 0) is 45.0 Å². The van der Waals surface area contributed by atoms with Crippen LogP contribution in [0.3, 0.4) is 0 Å². The van der Waals surface area contributed by atoms with Crippen LogP contribution in [0, 0.1) is 13.8 Å². The predicted octanol–water partition coefficient (Wildman–Crippen LogP) is 2.87. The first-order valence-corrected chi connectivity index (χ1v) is 9.26. The van der Waals surface area contributed by atoms with Crippen molar-refractivity contribution in [1.82, 2.24) is 24.1 Å². The van der Waals surface area contributed by atoms with E-state index in [-0.39, 0.29) is 11.0 Å². The minimum absolute atomic E-state index is 0.0690. The number of anilines is 1. The summed E-state index contributed by atoms with van der Waals surface area (Å²) >= 11 is 0. The molecule has 4 aromatic heterocycles. The Morgan fingerprint density at radius 2 is 1.97 bits per heavy atom. The molecule has 29 heavy (non-hydrogen) atoms. The zero-order valence-corrected chi connectivity index (χ0v) is 16.4. The van der Waals surface area contributed by atoms with Crippen molar-refractivity contribution in [2.75, 3.05) is 5.32 Å².